The number of benzene rings is 2. The van der Waals surface area contributed by atoms with Crippen LogP contribution < -0.4 is 5.32 Å². The highest BCUT2D eigenvalue weighted by Gasteiger charge is 2.44. The average Bonchev–Trinajstić information content (AvgIpc) is 3.09. The Balaban J connectivity index is 1.79. The zero-order chi connectivity index (χ0) is 23.5. The Morgan fingerprint density at radius 2 is 1.76 bits per heavy atom. The standard InChI is InChI=1S/C25H24N2O6/c1-3-12-32-13-14-33-25(29)20-15(2)26-23-16-8-4-5-9-17(16)24(28)22(23)21(20)18-10-6-7-11-19(18)27(30)31/h4-11,21,26H,3,12-14H2,1-2H3/t21-/m1/s1. The third-order valence-electron chi connectivity index (χ3n) is 5.72. The van der Waals surface area contributed by atoms with Crippen molar-refractivity contribution in [3.63, 3.8) is 0 Å². The van der Waals surface area contributed by atoms with Gasteiger partial charge < -0.3 is 14.8 Å². The van der Waals surface area contributed by atoms with Crippen LogP contribution in [0.1, 0.15) is 47.7 Å². The maximum absolute atomic E-state index is 13.4. The fraction of sp³-hybridized carbons (Fsp3) is 0.280. The normalized spacial score (nSPS) is 16.9. The molecule has 0 aromatic heterocycles. The number of carbonyl (C=O) groups excluding carboxylic acids is 2. The molecule has 0 fully saturated rings. The number of hydrogen-bond acceptors (Lipinski definition) is 7. The minimum atomic E-state index is -0.938. The second-order valence-corrected chi connectivity index (χ2v) is 7.82. The van der Waals surface area contributed by atoms with Crippen molar-refractivity contribution in [3.8, 4) is 0 Å². The highest BCUT2D eigenvalue weighted by Crippen LogP contribution is 2.48. The van der Waals surface area contributed by atoms with Crippen molar-refractivity contribution in [2.75, 3.05) is 19.8 Å². The minimum absolute atomic E-state index is 0.0410. The number of hydrogen-bond donors (Lipinski definition) is 1. The fourth-order valence-electron chi connectivity index (χ4n) is 4.33. The number of nitro groups is 1. The molecule has 1 aliphatic heterocycles. The number of nitro benzene ring substituents is 1. The topological polar surface area (TPSA) is 108 Å². The SMILES string of the molecule is CCCOCCOC(=O)C1=C(C)NC2=C(C(=O)c3ccccc32)[C@@H]1c1ccccc1[N+](=O)[O-]. The molecule has 1 heterocycles. The van der Waals surface area contributed by atoms with E-state index in [1.54, 1.807) is 37.3 Å². The van der Waals surface area contributed by atoms with Crippen molar-refractivity contribution in [3.05, 3.63) is 92.2 Å². The zero-order valence-corrected chi connectivity index (χ0v) is 18.4. The Morgan fingerprint density at radius 1 is 1.06 bits per heavy atom. The van der Waals surface area contributed by atoms with Gasteiger partial charge in [-0.2, -0.15) is 0 Å². The van der Waals surface area contributed by atoms with Crippen LogP contribution in [-0.4, -0.2) is 36.5 Å². The van der Waals surface area contributed by atoms with Gasteiger partial charge in [0.2, 0.25) is 0 Å². The average molecular weight is 448 g/mol. The van der Waals surface area contributed by atoms with Crippen molar-refractivity contribution in [2.24, 2.45) is 0 Å². The van der Waals surface area contributed by atoms with Gasteiger partial charge in [0, 0.05) is 40.6 Å². The highest BCUT2D eigenvalue weighted by molar-refractivity contribution is 6.23. The van der Waals surface area contributed by atoms with E-state index in [2.05, 4.69) is 5.32 Å². The number of nitrogens with zero attached hydrogens (tertiary/aromatic N) is 1. The summed E-state index contributed by atoms with van der Waals surface area (Å²) in [6.45, 7) is 4.53. The summed E-state index contributed by atoms with van der Waals surface area (Å²) in [6, 6.07) is 13.3. The van der Waals surface area contributed by atoms with Crippen LogP contribution in [0.5, 0.6) is 0 Å². The van der Waals surface area contributed by atoms with Gasteiger partial charge in [-0.25, -0.2) is 4.79 Å². The molecule has 0 amide bonds. The summed E-state index contributed by atoms with van der Waals surface area (Å²) >= 11 is 0. The molecular weight excluding hydrogens is 424 g/mol. The van der Waals surface area contributed by atoms with Crippen LogP contribution in [0.3, 0.4) is 0 Å². The van der Waals surface area contributed by atoms with E-state index in [1.807, 2.05) is 19.1 Å². The molecule has 2 aromatic rings. The van der Waals surface area contributed by atoms with Gasteiger partial charge in [0.05, 0.1) is 28.7 Å². The van der Waals surface area contributed by atoms with E-state index in [1.165, 1.54) is 6.07 Å². The summed E-state index contributed by atoms with van der Waals surface area (Å²) in [5.74, 6) is -1.84. The molecule has 2 aliphatic rings. The van der Waals surface area contributed by atoms with Gasteiger partial charge in [0.15, 0.2) is 5.78 Å². The number of ether oxygens (including phenoxy) is 2. The Bertz CT molecular complexity index is 1200. The number of Topliss-reactive ketones (excluding diaryl/α,β-unsaturated/α-hetero) is 1. The Hall–Kier alpha value is -3.78. The van der Waals surface area contributed by atoms with Crippen LogP contribution in [0, 0.1) is 10.1 Å². The van der Waals surface area contributed by atoms with Crippen molar-refractivity contribution >= 4 is 23.1 Å². The number of rotatable bonds is 8. The molecule has 170 valence electrons. The molecule has 1 atom stereocenters. The molecule has 2 aromatic carbocycles. The third kappa shape index (κ3) is 4.05. The Labute approximate surface area is 191 Å². The van der Waals surface area contributed by atoms with Gasteiger partial charge in [-0.05, 0) is 13.3 Å². The van der Waals surface area contributed by atoms with Crippen LogP contribution in [0.4, 0.5) is 5.69 Å². The maximum Gasteiger partial charge on any atom is 0.336 e. The first-order valence-corrected chi connectivity index (χ1v) is 10.8. The quantitative estimate of drug-likeness (QED) is 0.280. The van der Waals surface area contributed by atoms with Gasteiger partial charge in [-0.1, -0.05) is 49.4 Å². The monoisotopic (exact) mass is 448 g/mol. The Morgan fingerprint density at radius 3 is 2.48 bits per heavy atom. The number of dihydropyridines is 1. The van der Waals surface area contributed by atoms with Crippen LogP contribution in [0.2, 0.25) is 0 Å². The van der Waals surface area contributed by atoms with E-state index in [9.17, 15) is 19.7 Å². The van der Waals surface area contributed by atoms with Crippen LogP contribution in [0.15, 0.2) is 65.4 Å². The lowest BCUT2D eigenvalue weighted by Crippen LogP contribution is -2.30. The van der Waals surface area contributed by atoms with E-state index in [4.69, 9.17) is 9.47 Å². The summed E-state index contributed by atoms with van der Waals surface area (Å²) in [4.78, 5) is 38.0. The second-order valence-electron chi connectivity index (χ2n) is 7.82. The summed E-state index contributed by atoms with van der Waals surface area (Å²) in [5, 5.41) is 15.0. The highest BCUT2D eigenvalue weighted by atomic mass is 16.6. The molecule has 1 aliphatic carbocycles. The lowest BCUT2D eigenvalue weighted by Gasteiger charge is -2.29. The Kier molecular flexibility index (Phi) is 6.37. The van der Waals surface area contributed by atoms with Crippen LogP contribution in [-0.2, 0) is 14.3 Å². The molecule has 1 N–H and O–H groups in total. The molecule has 0 saturated carbocycles. The largest absolute Gasteiger partial charge is 0.460 e. The van der Waals surface area contributed by atoms with Crippen molar-refractivity contribution in [2.45, 2.75) is 26.2 Å². The third-order valence-corrected chi connectivity index (χ3v) is 5.72. The first-order chi connectivity index (χ1) is 16.0. The van der Waals surface area contributed by atoms with Crippen molar-refractivity contribution in [1.29, 1.82) is 0 Å². The van der Waals surface area contributed by atoms with E-state index >= 15 is 0 Å². The number of para-hydroxylation sites is 1. The molecular formula is C25H24N2O6. The van der Waals surface area contributed by atoms with E-state index in [-0.39, 0.29) is 35.8 Å². The number of fused-ring (bicyclic) bond motifs is 2. The van der Waals surface area contributed by atoms with Gasteiger partial charge >= 0.3 is 5.97 Å². The molecule has 0 unspecified atom stereocenters. The molecule has 0 spiro atoms. The minimum Gasteiger partial charge on any atom is -0.460 e. The first-order valence-electron chi connectivity index (χ1n) is 10.8. The number of esters is 1. The number of carbonyl (C=O) groups is 2. The maximum atomic E-state index is 13.4. The molecule has 8 heteroatoms. The zero-order valence-electron chi connectivity index (χ0n) is 18.4. The predicted octanol–water partition coefficient (Wildman–Crippen LogP) is 4.13. The lowest BCUT2D eigenvalue weighted by atomic mass is 9.79. The summed E-state index contributed by atoms with van der Waals surface area (Å²) in [5.41, 5.74) is 2.86. The van der Waals surface area contributed by atoms with E-state index < -0.39 is 16.8 Å². The molecule has 0 radical (unpaired) electrons. The summed E-state index contributed by atoms with van der Waals surface area (Å²) in [6.07, 6.45) is 0.849. The van der Waals surface area contributed by atoms with E-state index in [0.29, 0.717) is 34.7 Å². The van der Waals surface area contributed by atoms with Gasteiger partial charge in [-0.15, -0.1) is 0 Å². The smallest absolute Gasteiger partial charge is 0.336 e. The fourth-order valence-corrected chi connectivity index (χ4v) is 4.33. The summed E-state index contributed by atoms with van der Waals surface area (Å²) in [7, 11) is 0. The van der Waals surface area contributed by atoms with E-state index in [0.717, 1.165) is 6.42 Å². The molecule has 8 nitrogen and oxygen atoms in total. The predicted molar refractivity (Wildman–Crippen MR) is 121 cm³/mol. The van der Waals surface area contributed by atoms with Gasteiger partial charge in [-0.3, -0.25) is 14.9 Å². The molecule has 4 rings (SSSR count). The second kappa shape index (κ2) is 9.38. The number of nitrogens with one attached hydrogen (secondary N) is 1. The lowest BCUT2D eigenvalue weighted by molar-refractivity contribution is -0.385. The summed E-state index contributed by atoms with van der Waals surface area (Å²) < 4.78 is 10.8. The number of allylic oxidation sites excluding steroid dienone is 2. The van der Waals surface area contributed by atoms with Gasteiger partial charge in [0.25, 0.3) is 5.69 Å². The van der Waals surface area contributed by atoms with Crippen molar-refractivity contribution < 1.29 is 24.0 Å². The first kappa shape index (κ1) is 22.4. The molecule has 0 bridgehead atoms. The molecule has 0 saturated heterocycles. The molecule has 33 heavy (non-hydrogen) atoms. The van der Waals surface area contributed by atoms with Gasteiger partial charge in [0.1, 0.15) is 6.61 Å². The van der Waals surface area contributed by atoms with Crippen LogP contribution in [0.25, 0.3) is 5.70 Å². The van der Waals surface area contributed by atoms with Crippen molar-refractivity contribution in [1.82, 2.24) is 5.32 Å². The van der Waals surface area contributed by atoms with Crippen LogP contribution >= 0.6 is 0 Å². The number of ketones is 1.